The van der Waals surface area contributed by atoms with Gasteiger partial charge in [0.25, 0.3) is 0 Å². The molecule has 35 heavy (non-hydrogen) atoms. The van der Waals surface area contributed by atoms with E-state index in [9.17, 15) is 0 Å². The molecule has 0 amide bonds. The zero-order valence-electron chi connectivity index (χ0n) is 18.2. The average molecular weight is 718 g/mol. The fourth-order valence-electron chi connectivity index (χ4n) is 4.39. The lowest BCUT2D eigenvalue weighted by molar-refractivity contribution is 0.734. The van der Waals surface area contributed by atoms with Crippen molar-refractivity contribution in [2.24, 2.45) is 9.98 Å². The van der Waals surface area contributed by atoms with E-state index >= 15 is 0 Å². The van der Waals surface area contributed by atoms with E-state index in [1.165, 1.54) is 11.1 Å². The quantitative estimate of drug-likeness (QED) is 0.308. The van der Waals surface area contributed by atoms with Gasteiger partial charge < -0.3 is 10.3 Å². The summed E-state index contributed by atoms with van der Waals surface area (Å²) in [5.41, 5.74) is 8.93. The highest BCUT2D eigenvalue weighted by Gasteiger charge is 2.40. The van der Waals surface area contributed by atoms with E-state index in [1.54, 1.807) is 0 Å². The topological polar surface area (TPSA) is 52.5 Å². The van der Waals surface area contributed by atoms with Crippen LogP contribution in [0, 0.1) is 0 Å². The maximum atomic E-state index is 4.98. The van der Waals surface area contributed by atoms with Crippen LogP contribution < -0.4 is 5.32 Å². The van der Waals surface area contributed by atoms with Crippen LogP contribution in [0.2, 0.25) is 0 Å². The van der Waals surface area contributed by atoms with E-state index in [1.807, 2.05) is 30.4 Å². The lowest BCUT2D eigenvalue weighted by atomic mass is 10.0. The molecule has 0 radical (unpaired) electrons. The fourth-order valence-corrected chi connectivity index (χ4v) is 6.41. The molecule has 8 bridgehead atoms. The summed E-state index contributed by atoms with van der Waals surface area (Å²) in [6.45, 7) is 0. The monoisotopic (exact) mass is 714 g/mol. The summed E-state index contributed by atoms with van der Waals surface area (Å²) >= 11 is 15.4. The van der Waals surface area contributed by atoms with Crippen molar-refractivity contribution in [1.82, 2.24) is 10.3 Å². The summed E-state index contributed by atoms with van der Waals surface area (Å²) in [5.74, 6) is 0. The first-order chi connectivity index (χ1) is 16.9. The van der Waals surface area contributed by atoms with Crippen LogP contribution >= 0.6 is 63.7 Å². The molecule has 5 heterocycles. The van der Waals surface area contributed by atoms with E-state index in [-0.39, 0.29) is 6.04 Å². The Labute approximate surface area is 237 Å². The number of H-pyrrole nitrogens is 1. The molecule has 6 rings (SSSR count). The molecule has 0 saturated heterocycles. The van der Waals surface area contributed by atoms with Crippen molar-refractivity contribution in [2.75, 3.05) is 0 Å². The first-order valence-corrected chi connectivity index (χ1v) is 14.2. The second kappa shape index (κ2) is 9.14. The Bertz CT molecular complexity index is 1480. The van der Waals surface area contributed by atoms with Gasteiger partial charge in [-0.1, -0.05) is 68.3 Å². The minimum Gasteiger partial charge on any atom is -0.375 e. The van der Waals surface area contributed by atoms with Crippen LogP contribution in [0.15, 0.2) is 104 Å². The summed E-state index contributed by atoms with van der Waals surface area (Å²) in [5, 5.41) is 3.57. The van der Waals surface area contributed by atoms with Gasteiger partial charge >= 0.3 is 0 Å². The first kappa shape index (κ1) is 23.4. The maximum Gasteiger partial charge on any atom is 0.146 e. The van der Waals surface area contributed by atoms with E-state index in [4.69, 9.17) is 9.98 Å². The van der Waals surface area contributed by atoms with E-state index in [0.717, 1.165) is 55.3 Å². The van der Waals surface area contributed by atoms with Gasteiger partial charge in [-0.2, -0.15) is 0 Å². The van der Waals surface area contributed by atoms with Crippen molar-refractivity contribution >= 4 is 85.7 Å². The summed E-state index contributed by atoms with van der Waals surface area (Å²) in [7, 11) is 0. The lowest BCUT2D eigenvalue weighted by Gasteiger charge is -2.27. The van der Waals surface area contributed by atoms with Gasteiger partial charge in [-0.15, -0.1) is 0 Å². The van der Waals surface area contributed by atoms with E-state index < -0.39 is 3.23 Å². The number of hydrogen-bond acceptors (Lipinski definition) is 3. The number of fused-ring (bicyclic) bond motifs is 6. The molecule has 0 aliphatic carbocycles. The number of halogens is 4. The second-order valence-electron chi connectivity index (χ2n) is 8.55. The zero-order chi connectivity index (χ0) is 24.2. The molecule has 2 aromatic rings. The van der Waals surface area contributed by atoms with Crippen molar-refractivity contribution in [3.8, 4) is 0 Å². The van der Waals surface area contributed by atoms with Crippen molar-refractivity contribution in [3.63, 3.8) is 0 Å². The summed E-state index contributed by atoms with van der Waals surface area (Å²) < 4.78 is 1.26. The van der Waals surface area contributed by atoms with Crippen molar-refractivity contribution in [1.29, 1.82) is 0 Å². The Morgan fingerprint density at radius 3 is 2.57 bits per heavy atom. The molecule has 4 nitrogen and oxygen atoms in total. The predicted octanol–water partition coefficient (Wildman–Crippen LogP) is 7.67. The highest BCUT2D eigenvalue weighted by Crippen LogP contribution is 2.41. The highest BCUT2D eigenvalue weighted by atomic mass is 79.9. The predicted molar refractivity (Wildman–Crippen MR) is 160 cm³/mol. The molecule has 1 unspecified atom stereocenters. The van der Waals surface area contributed by atoms with Crippen LogP contribution in [-0.4, -0.2) is 25.7 Å². The van der Waals surface area contributed by atoms with Crippen LogP contribution in [0.3, 0.4) is 0 Å². The lowest BCUT2D eigenvalue weighted by Crippen LogP contribution is -2.43. The third kappa shape index (κ3) is 4.39. The van der Waals surface area contributed by atoms with Gasteiger partial charge in [-0.25, -0.2) is 9.98 Å². The number of allylic oxidation sites excluding steroid dienone is 6. The maximum absolute atomic E-state index is 4.98. The van der Waals surface area contributed by atoms with E-state index in [2.05, 4.69) is 123 Å². The number of aliphatic imine (C=N–C) groups is 2. The van der Waals surface area contributed by atoms with Crippen molar-refractivity contribution in [2.45, 2.75) is 15.7 Å². The number of alkyl halides is 2. The van der Waals surface area contributed by atoms with Crippen LogP contribution in [-0.2, 0) is 6.42 Å². The molecule has 8 heteroatoms. The normalized spacial score (nSPS) is 21.9. The summed E-state index contributed by atoms with van der Waals surface area (Å²) in [6, 6.07) is 12.6. The number of nitrogens with one attached hydrogen (secondary N) is 2. The van der Waals surface area contributed by atoms with Crippen LogP contribution in [0.5, 0.6) is 0 Å². The Morgan fingerprint density at radius 2 is 1.74 bits per heavy atom. The minimum absolute atomic E-state index is 0.0498. The Hall–Kier alpha value is -2.00. The largest absolute Gasteiger partial charge is 0.375 e. The number of nitrogens with zero attached hydrogens (tertiary/aromatic N) is 2. The summed E-state index contributed by atoms with van der Waals surface area (Å²) in [4.78, 5) is 13.4. The van der Waals surface area contributed by atoms with Gasteiger partial charge in [0.15, 0.2) is 0 Å². The fraction of sp³-hybridized carbons (Fsp3) is 0.111. The molecule has 0 spiro atoms. The second-order valence-corrected chi connectivity index (χ2v) is 13.7. The Balaban J connectivity index is 1.52. The minimum atomic E-state index is -0.583. The molecule has 174 valence electrons. The first-order valence-electron chi connectivity index (χ1n) is 11.0. The van der Waals surface area contributed by atoms with Gasteiger partial charge in [-0.05, 0) is 91.9 Å². The molecule has 0 fully saturated rings. The molecule has 1 atom stereocenters. The van der Waals surface area contributed by atoms with Crippen LogP contribution in [0.1, 0.15) is 22.5 Å². The number of hydrogen-bond donors (Lipinski definition) is 2. The molecule has 1 aromatic carbocycles. The van der Waals surface area contributed by atoms with Gasteiger partial charge in [0, 0.05) is 5.69 Å². The highest BCUT2D eigenvalue weighted by molar-refractivity contribution is 9.26. The SMILES string of the molecule is BrC1=C2C=CC(N2)C(Br)(Br)C2=NC(=C(Br)c3[nH]c(cc3Cc3ccccc3)C=C3C=CC1=N3)C=C2. The van der Waals surface area contributed by atoms with E-state index in [0.29, 0.717) is 0 Å². The number of aromatic nitrogens is 1. The number of rotatable bonds is 2. The molecule has 0 saturated carbocycles. The smallest absolute Gasteiger partial charge is 0.146 e. The van der Waals surface area contributed by atoms with Crippen LogP contribution in [0.25, 0.3) is 10.6 Å². The average Bonchev–Trinajstić information content (AvgIpc) is 3.65. The zero-order valence-corrected chi connectivity index (χ0v) is 24.5. The Morgan fingerprint density at radius 1 is 0.914 bits per heavy atom. The molecule has 1 aromatic heterocycles. The van der Waals surface area contributed by atoms with Crippen molar-refractivity contribution < 1.29 is 0 Å². The van der Waals surface area contributed by atoms with Gasteiger partial charge in [0.1, 0.15) is 3.23 Å². The molecular weight excluding hydrogens is 700 g/mol. The van der Waals surface area contributed by atoms with Crippen LogP contribution in [0.4, 0.5) is 0 Å². The molecular formula is C27H18Br4N4. The van der Waals surface area contributed by atoms with Gasteiger partial charge in [0.05, 0.1) is 49.2 Å². The number of benzene rings is 1. The molecule has 4 aliphatic heterocycles. The molecule has 2 N–H and O–H groups in total. The number of aromatic amines is 1. The van der Waals surface area contributed by atoms with Gasteiger partial charge in [0.2, 0.25) is 0 Å². The third-order valence-electron chi connectivity index (χ3n) is 6.17. The third-order valence-corrected chi connectivity index (χ3v) is 9.60. The standard InChI is InChI=1S/C27H18Br4N4/c28-24-19-7-6-17(32-19)14-18-13-16(12-15-4-2-1-3-5-15)26(33-18)25(29)21-9-11-23(35-21)27(30,31)22-10-8-20(24)34-22/h1-11,13-14,22,33-34H,12H2. The molecule has 4 aliphatic rings. The van der Waals surface area contributed by atoms with Crippen molar-refractivity contribution in [3.05, 3.63) is 117 Å². The summed E-state index contributed by atoms with van der Waals surface area (Å²) in [6.07, 6.45) is 15.2. The van der Waals surface area contributed by atoms with Gasteiger partial charge in [-0.3, -0.25) is 0 Å². The Kier molecular flexibility index (Phi) is 6.11.